The molecule has 0 radical (unpaired) electrons. The summed E-state index contributed by atoms with van der Waals surface area (Å²) in [7, 11) is 0. The second-order valence-corrected chi connectivity index (χ2v) is 7.86. The number of para-hydroxylation sites is 1. The Balaban J connectivity index is 1.69. The molecule has 0 atom stereocenters. The van der Waals surface area contributed by atoms with Crippen molar-refractivity contribution in [3.8, 4) is 11.8 Å². The van der Waals surface area contributed by atoms with Crippen LogP contribution in [0.5, 0.6) is 5.75 Å². The number of nitrogens with zero attached hydrogens (tertiary/aromatic N) is 4. The molecule has 0 aliphatic heterocycles. The van der Waals surface area contributed by atoms with Crippen LogP contribution in [0, 0.1) is 21.4 Å². The highest BCUT2D eigenvalue weighted by atomic mass is 79.9. The minimum atomic E-state index is -0.746. The van der Waals surface area contributed by atoms with Crippen molar-refractivity contribution in [2.75, 3.05) is 0 Å². The fourth-order valence-corrected chi connectivity index (χ4v) is 3.82. The lowest BCUT2D eigenvalue weighted by Crippen LogP contribution is -2.32. The SMILES string of the molecule is N#Cc1ccccc1COc1c(Br)cc(C=Nn2c(=O)[nH]c3ccccc3c2=O)cc1[N+](=O)[O-]. The number of hydrogen-bond acceptors (Lipinski definition) is 7. The average molecular weight is 520 g/mol. The van der Waals surface area contributed by atoms with Crippen molar-refractivity contribution in [1.29, 1.82) is 5.26 Å². The minimum absolute atomic E-state index is 0.0318. The molecule has 0 fully saturated rings. The van der Waals surface area contributed by atoms with Crippen LogP contribution in [0.25, 0.3) is 10.9 Å². The van der Waals surface area contributed by atoms with Gasteiger partial charge < -0.3 is 9.72 Å². The summed E-state index contributed by atoms with van der Waals surface area (Å²) in [4.78, 5) is 38.5. The number of nitriles is 1. The van der Waals surface area contributed by atoms with Crippen LogP contribution >= 0.6 is 15.9 Å². The first-order valence-electron chi connectivity index (χ1n) is 9.76. The summed E-state index contributed by atoms with van der Waals surface area (Å²) in [6.45, 7) is -0.0571. The highest BCUT2D eigenvalue weighted by Gasteiger charge is 2.21. The van der Waals surface area contributed by atoms with Crippen molar-refractivity contribution in [3.05, 3.63) is 113 Å². The van der Waals surface area contributed by atoms with E-state index < -0.39 is 16.2 Å². The van der Waals surface area contributed by atoms with E-state index in [0.717, 1.165) is 6.21 Å². The van der Waals surface area contributed by atoms with Gasteiger partial charge in [-0.25, -0.2) is 4.79 Å². The first-order valence-corrected chi connectivity index (χ1v) is 10.6. The second kappa shape index (κ2) is 9.51. The largest absolute Gasteiger partial charge is 0.481 e. The van der Waals surface area contributed by atoms with Crippen LogP contribution in [0.1, 0.15) is 16.7 Å². The zero-order valence-corrected chi connectivity index (χ0v) is 18.9. The predicted octanol–water partition coefficient (Wildman–Crippen LogP) is 3.69. The third-order valence-corrected chi connectivity index (χ3v) is 5.45. The number of benzene rings is 3. The molecule has 0 aliphatic rings. The Kier molecular flexibility index (Phi) is 6.33. The average Bonchev–Trinajstić information content (AvgIpc) is 2.83. The first kappa shape index (κ1) is 22.6. The highest BCUT2D eigenvalue weighted by molar-refractivity contribution is 9.10. The van der Waals surface area contributed by atoms with E-state index in [4.69, 9.17) is 4.74 Å². The molecule has 0 saturated carbocycles. The van der Waals surface area contributed by atoms with Crippen LogP contribution in [0.3, 0.4) is 0 Å². The van der Waals surface area contributed by atoms with Crippen molar-refractivity contribution in [1.82, 2.24) is 9.66 Å². The summed E-state index contributed by atoms with van der Waals surface area (Å²) in [5.41, 5.74) is -0.123. The molecule has 10 nitrogen and oxygen atoms in total. The van der Waals surface area contributed by atoms with E-state index in [0.29, 0.717) is 21.3 Å². The van der Waals surface area contributed by atoms with Gasteiger partial charge in [0.05, 0.1) is 38.1 Å². The Labute approximate surface area is 199 Å². The molecule has 0 aliphatic carbocycles. The summed E-state index contributed by atoms with van der Waals surface area (Å²) in [5, 5.41) is 25.1. The van der Waals surface area contributed by atoms with E-state index >= 15 is 0 Å². The number of hydrogen-bond donors (Lipinski definition) is 1. The van der Waals surface area contributed by atoms with Gasteiger partial charge in [0.2, 0.25) is 5.75 Å². The van der Waals surface area contributed by atoms with Gasteiger partial charge in [-0.15, -0.1) is 4.68 Å². The maximum Gasteiger partial charge on any atom is 0.349 e. The molecule has 0 amide bonds. The molecule has 0 bridgehead atoms. The van der Waals surface area contributed by atoms with Gasteiger partial charge in [-0.05, 0) is 40.2 Å². The van der Waals surface area contributed by atoms with Crippen LogP contribution in [-0.2, 0) is 6.61 Å². The highest BCUT2D eigenvalue weighted by Crippen LogP contribution is 2.36. The number of nitro benzene ring substituents is 1. The smallest absolute Gasteiger partial charge is 0.349 e. The molecule has 1 N–H and O–H groups in total. The number of aromatic nitrogens is 2. The van der Waals surface area contributed by atoms with E-state index in [2.05, 4.69) is 26.0 Å². The molecule has 1 heterocycles. The molecule has 0 spiro atoms. The third kappa shape index (κ3) is 4.48. The van der Waals surface area contributed by atoms with Gasteiger partial charge in [0.1, 0.15) is 6.61 Å². The number of halogens is 1. The minimum Gasteiger partial charge on any atom is -0.481 e. The van der Waals surface area contributed by atoms with Crippen molar-refractivity contribution in [3.63, 3.8) is 0 Å². The molecule has 0 unspecified atom stereocenters. The van der Waals surface area contributed by atoms with Gasteiger partial charge >= 0.3 is 11.4 Å². The van der Waals surface area contributed by atoms with Crippen LogP contribution in [0.4, 0.5) is 5.69 Å². The quantitative estimate of drug-likeness (QED) is 0.233. The fourth-order valence-electron chi connectivity index (χ4n) is 3.24. The number of aromatic amines is 1. The van der Waals surface area contributed by atoms with Gasteiger partial charge in [-0.1, -0.05) is 30.3 Å². The van der Waals surface area contributed by atoms with Crippen molar-refractivity contribution >= 4 is 38.7 Å². The van der Waals surface area contributed by atoms with Gasteiger partial charge in [-0.2, -0.15) is 10.4 Å². The summed E-state index contributed by atoms with van der Waals surface area (Å²) in [5.74, 6) is -0.0318. The van der Waals surface area contributed by atoms with Gasteiger partial charge in [0, 0.05) is 17.2 Å². The van der Waals surface area contributed by atoms with E-state index in [9.17, 15) is 25.0 Å². The third-order valence-electron chi connectivity index (χ3n) is 4.86. The maximum absolute atomic E-state index is 12.6. The zero-order chi connectivity index (χ0) is 24.2. The molecule has 168 valence electrons. The number of ether oxygens (including phenoxy) is 1. The molecule has 34 heavy (non-hydrogen) atoms. The second-order valence-electron chi connectivity index (χ2n) is 7.00. The van der Waals surface area contributed by atoms with Crippen LogP contribution in [0.2, 0.25) is 0 Å². The van der Waals surface area contributed by atoms with Crippen LogP contribution < -0.4 is 16.0 Å². The van der Waals surface area contributed by atoms with Crippen molar-refractivity contribution < 1.29 is 9.66 Å². The Bertz CT molecular complexity index is 1620. The van der Waals surface area contributed by atoms with Crippen molar-refractivity contribution in [2.45, 2.75) is 6.61 Å². The predicted molar refractivity (Wildman–Crippen MR) is 128 cm³/mol. The monoisotopic (exact) mass is 519 g/mol. The summed E-state index contributed by atoms with van der Waals surface area (Å²) in [6, 6.07) is 18.0. The molecule has 3 aromatic carbocycles. The lowest BCUT2D eigenvalue weighted by molar-refractivity contribution is -0.386. The Morgan fingerprint density at radius 2 is 1.91 bits per heavy atom. The summed E-state index contributed by atoms with van der Waals surface area (Å²) < 4.78 is 6.57. The fraction of sp³-hybridized carbons (Fsp3) is 0.0435. The Morgan fingerprint density at radius 1 is 1.18 bits per heavy atom. The van der Waals surface area contributed by atoms with Crippen LogP contribution in [-0.4, -0.2) is 20.8 Å². The maximum atomic E-state index is 12.6. The molecular weight excluding hydrogens is 506 g/mol. The number of H-pyrrole nitrogens is 1. The standard InChI is InChI=1S/C23H14BrN5O5/c24-18-9-14(12-26-28-22(30)17-7-3-4-8-19(17)27-23(28)31)10-20(29(32)33)21(18)34-13-16-6-2-1-5-15(16)11-25/h1-10,12H,13H2,(H,27,31). The number of nitro groups is 1. The van der Waals surface area contributed by atoms with E-state index in [1.807, 2.05) is 6.07 Å². The first-order chi connectivity index (χ1) is 16.4. The number of rotatable bonds is 6. The molecule has 4 aromatic rings. The summed E-state index contributed by atoms with van der Waals surface area (Å²) >= 11 is 3.27. The van der Waals surface area contributed by atoms with Gasteiger partial charge in [0.15, 0.2) is 0 Å². The van der Waals surface area contributed by atoms with Crippen LogP contribution in [0.15, 0.2) is 79.8 Å². The molecule has 4 rings (SSSR count). The normalized spacial score (nSPS) is 10.9. The van der Waals surface area contributed by atoms with E-state index in [1.54, 1.807) is 48.5 Å². The van der Waals surface area contributed by atoms with Gasteiger partial charge in [0.25, 0.3) is 5.56 Å². The lowest BCUT2D eigenvalue weighted by Gasteiger charge is -2.10. The lowest BCUT2D eigenvalue weighted by atomic mass is 10.1. The Hall–Kier alpha value is -4.56. The summed E-state index contributed by atoms with van der Waals surface area (Å²) in [6.07, 6.45) is 1.16. The topological polar surface area (TPSA) is 143 Å². The van der Waals surface area contributed by atoms with E-state index in [-0.39, 0.29) is 33.5 Å². The number of nitrogens with one attached hydrogen (secondary N) is 1. The van der Waals surface area contributed by atoms with E-state index in [1.165, 1.54) is 12.1 Å². The van der Waals surface area contributed by atoms with Crippen molar-refractivity contribution in [2.24, 2.45) is 5.10 Å². The molecule has 0 saturated heterocycles. The van der Waals surface area contributed by atoms with Gasteiger partial charge in [-0.3, -0.25) is 14.9 Å². The zero-order valence-electron chi connectivity index (χ0n) is 17.3. The molecular formula is C23H14BrN5O5. The molecule has 1 aromatic heterocycles. The number of fused-ring (bicyclic) bond motifs is 1. The molecule has 11 heteroatoms. The Morgan fingerprint density at radius 3 is 2.68 bits per heavy atom.